The van der Waals surface area contributed by atoms with E-state index in [1.165, 1.54) is 0 Å². The highest BCUT2D eigenvalue weighted by atomic mass is 16.5. The monoisotopic (exact) mass is 260 g/mol. The fourth-order valence-corrected chi connectivity index (χ4v) is 2.95. The number of hydrogen-bond acceptors (Lipinski definition) is 3. The summed E-state index contributed by atoms with van der Waals surface area (Å²) in [6.45, 7) is 0.613. The molecule has 4 nitrogen and oxygen atoms in total. The minimum Gasteiger partial charge on any atom is -0.380 e. The molecular weight excluding hydrogens is 240 g/mol. The number of nitrogens with zero attached hydrogens (tertiary/aromatic N) is 1. The second-order valence-electron chi connectivity index (χ2n) is 5.52. The first kappa shape index (κ1) is 12.6. The Kier molecular flexibility index (Phi) is 3.29. The van der Waals surface area contributed by atoms with Crippen LogP contribution in [0.25, 0.3) is 0 Å². The van der Waals surface area contributed by atoms with Gasteiger partial charge in [0.1, 0.15) is 0 Å². The third-order valence-electron chi connectivity index (χ3n) is 3.98. The average Bonchev–Trinajstić information content (AvgIpc) is 3.17. The van der Waals surface area contributed by atoms with Crippen molar-refractivity contribution in [3.05, 3.63) is 35.4 Å². The maximum atomic E-state index is 12.0. The molecule has 0 aromatic heterocycles. The van der Waals surface area contributed by atoms with Gasteiger partial charge in [0.05, 0.1) is 12.6 Å². The van der Waals surface area contributed by atoms with Crippen LogP contribution in [0.3, 0.4) is 0 Å². The SMILES string of the molecule is COCc1ccc(C2C(N)CC(=O)N2C2CC2)cc1. The van der Waals surface area contributed by atoms with Crippen molar-refractivity contribution in [3.63, 3.8) is 0 Å². The minimum atomic E-state index is -0.0821. The largest absolute Gasteiger partial charge is 0.380 e. The summed E-state index contributed by atoms with van der Waals surface area (Å²) in [5.41, 5.74) is 8.45. The Morgan fingerprint density at radius 2 is 2.00 bits per heavy atom. The summed E-state index contributed by atoms with van der Waals surface area (Å²) in [7, 11) is 1.69. The Bertz CT molecular complexity index is 468. The summed E-state index contributed by atoms with van der Waals surface area (Å²) in [6.07, 6.45) is 2.72. The number of hydrogen-bond donors (Lipinski definition) is 1. The minimum absolute atomic E-state index is 0.0524. The van der Waals surface area contributed by atoms with E-state index in [4.69, 9.17) is 10.5 Å². The van der Waals surface area contributed by atoms with Crippen molar-refractivity contribution in [2.45, 2.75) is 44.0 Å². The molecule has 1 aliphatic heterocycles. The highest BCUT2D eigenvalue weighted by Gasteiger charge is 2.45. The fourth-order valence-electron chi connectivity index (χ4n) is 2.95. The van der Waals surface area contributed by atoms with Crippen LogP contribution in [-0.2, 0) is 16.1 Å². The van der Waals surface area contributed by atoms with Crippen molar-refractivity contribution in [1.82, 2.24) is 4.90 Å². The van der Waals surface area contributed by atoms with Gasteiger partial charge in [-0.3, -0.25) is 4.79 Å². The third kappa shape index (κ3) is 2.38. The fraction of sp³-hybridized carbons (Fsp3) is 0.533. The zero-order valence-corrected chi connectivity index (χ0v) is 11.2. The first-order valence-electron chi connectivity index (χ1n) is 6.85. The van der Waals surface area contributed by atoms with Crippen LogP contribution in [0.4, 0.5) is 0 Å². The standard InChI is InChI=1S/C15H20N2O2/c1-19-9-10-2-4-11(5-3-10)15-13(16)8-14(18)17(15)12-6-7-12/h2-5,12-13,15H,6-9,16H2,1H3. The molecule has 3 rings (SSSR count). The second-order valence-corrected chi connectivity index (χ2v) is 5.52. The number of benzene rings is 1. The van der Waals surface area contributed by atoms with Crippen molar-refractivity contribution in [2.24, 2.45) is 5.73 Å². The van der Waals surface area contributed by atoms with Gasteiger partial charge in [-0.15, -0.1) is 0 Å². The van der Waals surface area contributed by atoms with Crippen LogP contribution in [0.5, 0.6) is 0 Å². The molecule has 1 heterocycles. The van der Waals surface area contributed by atoms with Gasteiger partial charge in [0.15, 0.2) is 0 Å². The normalized spacial score (nSPS) is 27.1. The van der Waals surface area contributed by atoms with Crippen molar-refractivity contribution in [1.29, 1.82) is 0 Å². The van der Waals surface area contributed by atoms with Gasteiger partial charge in [-0.25, -0.2) is 0 Å². The van der Waals surface area contributed by atoms with Gasteiger partial charge >= 0.3 is 0 Å². The smallest absolute Gasteiger partial charge is 0.225 e. The molecule has 1 aliphatic carbocycles. The van der Waals surface area contributed by atoms with Crippen LogP contribution in [0.2, 0.25) is 0 Å². The van der Waals surface area contributed by atoms with Gasteiger partial charge in [-0.2, -0.15) is 0 Å². The number of amides is 1. The molecular formula is C15H20N2O2. The highest BCUT2D eigenvalue weighted by Crippen LogP contribution is 2.41. The number of methoxy groups -OCH3 is 1. The van der Waals surface area contributed by atoms with Gasteiger partial charge in [-0.1, -0.05) is 24.3 Å². The molecule has 2 atom stereocenters. The molecule has 1 aromatic carbocycles. The van der Waals surface area contributed by atoms with Gasteiger partial charge in [-0.05, 0) is 24.0 Å². The third-order valence-corrected chi connectivity index (χ3v) is 3.98. The van der Waals surface area contributed by atoms with E-state index in [2.05, 4.69) is 24.3 Å². The number of nitrogens with two attached hydrogens (primary N) is 1. The number of carbonyl (C=O) groups excluding carboxylic acids is 1. The molecule has 102 valence electrons. The van der Waals surface area contributed by atoms with E-state index < -0.39 is 0 Å². The molecule has 2 fully saturated rings. The quantitative estimate of drug-likeness (QED) is 0.894. The molecule has 0 spiro atoms. The summed E-state index contributed by atoms with van der Waals surface area (Å²) in [5.74, 6) is 0.209. The Labute approximate surface area is 113 Å². The molecule has 0 radical (unpaired) electrons. The number of ether oxygens (including phenoxy) is 1. The van der Waals surface area contributed by atoms with E-state index in [1.807, 2.05) is 4.90 Å². The molecule has 19 heavy (non-hydrogen) atoms. The first-order chi connectivity index (χ1) is 9.20. The van der Waals surface area contributed by atoms with E-state index >= 15 is 0 Å². The van der Waals surface area contributed by atoms with Crippen LogP contribution in [0, 0.1) is 0 Å². The predicted molar refractivity (Wildman–Crippen MR) is 72.4 cm³/mol. The predicted octanol–water partition coefficient (Wildman–Crippen LogP) is 1.60. The summed E-state index contributed by atoms with van der Waals surface area (Å²) < 4.78 is 5.11. The molecule has 1 amide bonds. The zero-order chi connectivity index (χ0) is 13.4. The molecule has 2 N–H and O–H groups in total. The molecule has 1 saturated heterocycles. The van der Waals surface area contributed by atoms with Crippen molar-refractivity contribution in [2.75, 3.05) is 7.11 Å². The summed E-state index contributed by atoms with van der Waals surface area (Å²) in [4.78, 5) is 14.1. The molecule has 0 bridgehead atoms. The van der Waals surface area contributed by atoms with Crippen molar-refractivity contribution in [3.8, 4) is 0 Å². The number of carbonyl (C=O) groups is 1. The van der Waals surface area contributed by atoms with Crippen LogP contribution < -0.4 is 5.73 Å². The van der Waals surface area contributed by atoms with E-state index in [-0.39, 0.29) is 18.0 Å². The molecule has 2 unspecified atom stereocenters. The molecule has 2 aliphatic rings. The summed E-state index contributed by atoms with van der Waals surface area (Å²) >= 11 is 0. The molecule has 1 aromatic rings. The van der Waals surface area contributed by atoms with Crippen molar-refractivity contribution < 1.29 is 9.53 Å². The highest BCUT2D eigenvalue weighted by molar-refractivity contribution is 5.81. The van der Waals surface area contributed by atoms with E-state index in [0.29, 0.717) is 19.1 Å². The Balaban J connectivity index is 1.84. The van der Waals surface area contributed by atoms with Crippen LogP contribution in [0.15, 0.2) is 24.3 Å². The maximum Gasteiger partial charge on any atom is 0.225 e. The molecule has 4 heteroatoms. The number of likely N-dealkylation sites (tertiary alicyclic amines) is 1. The lowest BCUT2D eigenvalue weighted by Gasteiger charge is -2.27. The van der Waals surface area contributed by atoms with Crippen LogP contribution in [-0.4, -0.2) is 30.0 Å². The van der Waals surface area contributed by atoms with Gasteiger partial charge in [0.2, 0.25) is 5.91 Å². The lowest BCUT2D eigenvalue weighted by Crippen LogP contribution is -2.34. The van der Waals surface area contributed by atoms with Crippen LogP contribution in [0.1, 0.15) is 36.4 Å². The number of rotatable bonds is 4. The first-order valence-corrected chi connectivity index (χ1v) is 6.85. The van der Waals surface area contributed by atoms with E-state index in [0.717, 1.165) is 24.0 Å². The molecule has 1 saturated carbocycles. The second kappa shape index (κ2) is 4.94. The topological polar surface area (TPSA) is 55.6 Å². The van der Waals surface area contributed by atoms with E-state index in [9.17, 15) is 4.79 Å². The zero-order valence-electron chi connectivity index (χ0n) is 11.2. The van der Waals surface area contributed by atoms with Crippen LogP contribution >= 0.6 is 0 Å². The van der Waals surface area contributed by atoms with Crippen molar-refractivity contribution >= 4 is 5.91 Å². The van der Waals surface area contributed by atoms with Gasteiger partial charge in [0, 0.05) is 25.6 Å². The Hall–Kier alpha value is -1.39. The lowest BCUT2D eigenvalue weighted by molar-refractivity contribution is -0.129. The summed E-state index contributed by atoms with van der Waals surface area (Å²) in [5, 5.41) is 0. The Morgan fingerprint density at radius 3 is 2.58 bits per heavy atom. The average molecular weight is 260 g/mol. The van der Waals surface area contributed by atoms with Gasteiger partial charge in [0.25, 0.3) is 0 Å². The Morgan fingerprint density at radius 1 is 1.32 bits per heavy atom. The lowest BCUT2D eigenvalue weighted by atomic mass is 9.99. The van der Waals surface area contributed by atoms with E-state index in [1.54, 1.807) is 7.11 Å². The maximum absolute atomic E-state index is 12.0. The van der Waals surface area contributed by atoms with Gasteiger partial charge < -0.3 is 15.4 Å². The summed E-state index contributed by atoms with van der Waals surface area (Å²) in [6, 6.07) is 8.65.